The van der Waals surface area contributed by atoms with Gasteiger partial charge in [0, 0.05) is 19.7 Å². The number of hydrogen-bond donors (Lipinski definition) is 2. The normalized spacial score (nSPS) is 17.6. The molecule has 0 saturated carbocycles. The zero-order valence-corrected chi connectivity index (χ0v) is 14.9. The van der Waals surface area contributed by atoms with Crippen molar-refractivity contribution in [2.45, 2.75) is 39.3 Å². The van der Waals surface area contributed by atoms with E-state index in [9.17, 15) is 0 Å². The van der Waals surface area contributed by atoms with Gasteiger partial charge in [-0.3, -0.25) is 0 Å². The van der Waals surface area contributed by atoms with Crippen molar-refractivity contribution in [3.63, 3.8) is 0 Å². The molecule has 2 rings (SSSR count). The van der Waals surface area contributed by atoms with Gasteiger partial charge in [0.05, 0.1) is 26.4 Å². The third-order valence-electron chi connectivity index (χ3n) is 3.81. The lowest BCUT2D eigenvalue weighted by Gasteiger charge is -2.15. The molecule has 24 heavy (non-hydrogen) atoms. The standard InChI is InChI=1S/C18H29N3O3/c1-4-19-18(21-13-15-7-6-10-24-15)20-12-14-8-9-16(23-5-2)17(11-14)22-3/h8-9,11,15H,4-7,10,12-13H2,1-3H3,(H2,19,20,21). The van der Waals surface area contributed by atoms with E-state index < -0.39 is 0 Å². The van der Waals surface area contributed by atoms with Crippen molar-refractivity contribution in [3.05, 3.63) is 23.8 Å². The van der Waals surface area contributed by atoms with Gasteiger partial charge in [0.1, 0.15) is 0 Å². The van der Waals surface area contributed by atoms with E-state index in [0.717, 1.165) is 55.6 Å². The molecule has 1 unspecified atom stereocenters. The highest BCUT2D eigenvalue weighted by molar-refractivity contribution is 5.79. The molecular formula is C18H29N3O3. The Kier molecular flexibility index (Phi) is 7.68. The molecule has 0 amide bonds. The summed E-state index contributed by atoms with van der Waals surface area (Å²) >= 11 is 0. The van der Waals surface area contributed by atoms with Crippen LogP contribution in [0.1, 0.15) is 32.3 Å². The van der Waals surface area contributed by atoms with Crippen LogP contribution in [-0.4, -0.2) is 45.5 Å². The molecule has 1 aromatic rings. The molecular weight excluding hydrogens is 306 g/mol. The molecule has 2 N–H and O–H groups in total. The first-order chi connectivity index (χ1) is 11.8. The van der Waals surface area contributed by atoms with Gasteiger partial charge in [-0.2, -0.15) is 0 Å². The zero-order chi connectivity index (χ0) is 17.2. The minimum Gasteiger partial charge on any atom is -0.493 e. The van der Waals surface area contributed by atoms with E-state index in [1.165, 1.54) is 0 Å². The fraction of sp³-hybridized carbons (Fsp3) is 0.611. The molecule has 0 aliphatic carbocycles. The van der Waals surface area contributed by atoms with Crippen LogP contribution in [0.4, 0.5) is 0 Å². The number of aliphatic imine (C=N–C) groups is 1. The SMILES string of the molecule is CCNC(=NCc1ccc(OCC)c(OC)c1)NCC1CCCO1. The summed E-state index contributed by atoms with van der Waals surface area (Å²) in [5.41, 5.74) is 1.07. The maximum absolute atomic E-state index is 5.63. The summed E-state index contributed by atoms with van der Waals surface area (Å²) in [5, 5.41) is 6.62. The summed E-state index contributed by atoms with van der Waals surface area (Å²) in [6.07, 6.45) is 2.55. The van der Waals surface area contributed by atoms with Gasteiger partial charge in [-0.15, -0.1) is 0 Å². The summed E-state index contributed by atoms with van der Waals surface area (Å²) in [6, 6.07) is 5.92. The van der Waals surface area contributed by atoms with Crippen molar-refractivity contribution in [2.75, 3.05) is 33.4 Å². The second-order valence-electron chi connectivity index (χ2n) is 5.63. The average molecular weight is 335 g/mol. The first kappa shape index (κ1) is 18.4. The monoisotopic (exact) mass is 335 g/mol. The summed E-state index contributed by atoms with van der Waals surface area (Å²) in [4.78, 5) is 4.64. The molecule has 0 bridgehead atoms. The Morgan fingerprint density at radius 2 is 2.17 bits per heavy atom. The van der Waals surface area contributed by atoms with E-state index in [2.05, 4.69) is 22.5 Å². The van der Waals surface area contributed by atoms with Gasteiger partial charge in [0.25, 0.3) is 0 Å². The number of ether oxygens (including phenoxy) is 3. The Hall–Kier alpha value is -1.95. The third kappa shape index (κ3) is 5.60. The number of guanidine groups is 1. The van der Waals surface area contributed by atoms with Crippen molar-refractivity contribution in [3.8, 4) is 11.5 Å². The Morgan fingerprint density at radius 1 is 1.29 bits per heavy atom. The molecule has 1 fully saturated rings. The summed E-state index contributed by atoms with van der Waals surface area (Å²) in [6.45, 7) is 7.69. The van der Waals surface area contributed by atoms with Crippen LogP contribution in [0, 0.1) is 0 Å². The minimum atomic E-state index is 0.291. The highest BCUT2D eigenvalue weighted by Crippen LogP contribution is 2.28. The average Bonchev–Trinajstić information content (AvgIpc) is 3.12. The predicted molar refractivity (Wildman–Crippen MR) is 96.0 cm³/mol. The van der Waals surface area contributed by atoms with Gasteiger partial charge >= 0.3 is 0 Å². The van der Waals surface area contributed by atoms with E-state index >= 15 is 0 Å². The van der Waals surface area contributed by atoms with Crippen LogP contribution in [0.5, 0.6) is 11.5 Å². The Bertz CT molecular complexity index is 528. The smallest absolute Gasteiger partial charge is 0.191 e. The van der Waals surface area contributed by atoms with E-state index in [-0.39, 0.29) is 0 Å². The molecule has 0 radical (unpaired) electrons. The number of nitrogens with one attached hydrogen (secondary N) is 2. The van der Waals surface area contributed by atoms with Crippen molar-refractivity contribution in [1.29, 1.82) is 0 Å². The Labute approximate surface area is 144 Å². The molecule has 1 saturated heterocycles. The van der Waals surface area contributed by atoms with Gasteiger partial charge in [0.2, 0.25) is 0 Å². The number of benzene rings is 1. The van der Waals surface area contributed by atoms with Gasteiger partial charge in [-0.05, 0) is 44.4 Å². The quantitative estimate of drug-likeness (QED) is 0.564. The molecule has 0 spiro atoms. The fourth-order valence-corrected chi connectivity index (χ4v) is 2.61. The molecule has 6 nitrogen and oxygen atoms in total. The minimum absolute atomic E-state index is 0.291. The Morgan fingerprint density at radius 3 is 2.83 bits per heavy atom. The van der Waals surface area contributed by atoms with Crippen LogP contribution >= 0.6 is 0 Å². The van der Waals surface area contributed by atoms with Crippen LogP contribution in [0.3, 0.4) is 0 Å². The summed E-state index contributed by atoms with van der Waals surface area (Å²) < 4.78 is 16.6. The van der Waals surface area contributed by atoms with E-state index in [1.807, 2.05) is 25.1 Å². The van der Waals surface area contributed by atoms with Crippen molar-refractivity contribution >= 4 is 5.96 Å². The van der Waals surface area contributed by atoms with Gasteiger partial charge < -0.3 is 24.8 Å². The first-order valence-electron chi connectivity index (χ1n) is 8.70. The second kappa shape index (κ2) is 10.0. The molecule has 1 aliphatic heterocycles. The van der Waals surface area contributed by atoms with Crippen LogP contribution in [0.15, 0.2) is 23.2 Å². The molecule has 134 valence electrons. The maximum Gasteiger partial charge on any atom is 0.191 e. The largest absolute Gasteiger partial charge is 0.493 e. The van der Waals surface area contributed by atoms with Crippen molar-refractivity contribution in [2.24, 2.45) is 4.99 Å². The topological polar surface area (TPSA) is 64.1 Å². The van der Waals surface area contributed by atoms with Crippen molar-refractivity contribution in [1.82, 2.24) is 10.6 Å². The van der Waals surface area contributed by atoms with Crippen LogP contribution in [-0.2, 0) is 11.3 Å². The Balaban J connectivity index is 1.96. The molecule has 1 atom stereocenters. The van der Waals surface area contributed by atoms with E-state index in [0.29, 0.717) is 19.3 Å². The maximum atomic E-state index is 5.63. The number of rotatable bonds is 8. The fourth-order valence-electron chi connectivity index (χ4n) is 2.61. The van der Waals surface area contributed by atoms with E-state index in [4.69, 9.17) is 14.2 Å². The van der Waals surface area contributed by atoms with Gasteiger partial charge in [-0.25, -0.2) is 4.99 Å². The number of nitrogens with zero attached hydrogens (tertiary/aromatic N) is 1. The molecule has 1 heterocycles. The van der Waals surface area contributed by atoms with E-state index in [1.54, 1.807) is 7.11 Å². The lowest BCUT2D eigenvalue weighted by molar-refractivity contribution is 0.114. The molecule has 0 aromatic heterocycles. The van der Waals surface area contributed by atoms with Crippen molar-refractivity contribution < 1.29 is 14.2 Å². The summed E-state index contributed by atoms with van der Waals surface area (Å²) in [7, 11) is 1.65. The highest BCUT2D eigenvalue weighted by atomic mass is 16.5. The van der Waals surface area contributed by atoms with Gasteiger partial charge in [0.15, 0.2) is 17.5 Å². The first-order valence-corrected chi connectivity index (χ1v) is 8.70. The number of methoxy groups -OCH3 is 1. The number of hydrogen-bond acceptors (Lipinski definition) is 4. The predicted octanol–water partition coefficient (Wildman–Crippen LogP) is 2.33. The third-order valence-corrected chi connectivity index (χ3v) is 3.81. The molecule has 1 aliphatic rings. The molecule has 1 aromatic carbocycles. The molecule has 6 heteroatoms. The zero-order valence-electron chi connectivity index (χ0n) is 14.9. The lowest BCUT2D eigenvalue weighted by atomic mass is 10.2. The van der Waals surface area contributed by atoms with Crippen LogP contribution in [0.25, 0.3) is 0 Å². The van der Waals surface area contributed by atoms with Crippen LogP contribution in [0.2, 0.25) is 0 Å². The second-order valence-corrected chi connectivity index (χ2v) is 5.63. The van der Waals surface area contributed by atoms with Gasteiger partial charge in [-0.1, -0.05) is 6.07 Å². The van der Waals surface area contributed by atoms with Crippen LogP contribution < -0.4 is 20.1 Å². The lowest BCUT2D eigenvalue weighted by Crippen LogP contribution is -2.41. The highest BCUT2D eigenvalue weighted by Gasteiger charge is 2.15. The summed E-state index contributed by atoms with van der Waals surface area (Å²) in [5.74, 6) is 2.30.